The van der Waals surface area contributed by atoms with Gasteiger partial charge in [0.2, 0.25) is 7.41 Å². The van der Waals surface area contributed by atoms with E-state index in [0.29, 0.717) is 6.61 Å². The Labute approximate surface area is 55.9 Å². The van der Waals surface area contributed by atoms with Gasteiger partial charge in [0.25, 0.3) is 0 Å². The summed E-state index contributed by atoms with van der Waals surface area (Å²) in [6, 6.07) is 0. The molecular weight excluding hydrogens is 117 g/mol. The third-order valence-electron chi connectivity index (χ3n) is 1.27. The van der Waals surface area contributed by atoms with Gasteiger partial charge in [-0.15, -0.1) is 0 Å². The Morgan fingerprint density at radius 1 is 1.22 bits per heavy atom. The topological polar surface area (TPSA) is 30.5 Å². The van der Waals surface area contributed by atoms with Crippen LogP contribution in [0.1, 0.15) is 19.3 Å². The van der Waals surface area contributed by atoms with E-state index in [9.17, 15) is 0 Å². The Morgan fingerprint density at radius 2 is 2.22 bits per heavy atom. The SMILES string of the molecule is [B]1CCCCCOON1. The molecule has 0 spiro atoms. The van der Waals surface area contributed by atoms with Gasteiger partial charge in [-0.05, 0) is 6.42 Å². The molecule has 1 heterocycles. The van der Waals surface area contributed by atoms with Crippen molar-refractivity contribution in [3.05, 3.63) is 0 Å². The van der Waals surface area contributed by atoms with Crippen molar-refractivity contribution in [3.8, 4) is 0 Å². The van der Waals surface area contributed by atoms with Crippen molar-refractivity contribution < 1.29 is 9.88 Å². The summed E-state index contributed by atoms with van der Waals surface area (Å²) in [7, 11) is 1.87. The second-order valence-corrected chi connectivity index (χ2v) is 2.08. The maximum atomic E-state index is 4.71. The van der Waals surface area contributed by atoms with Crippen molar-refractivity contribution in [2.75, 3.05) is 6.61 Å². The molecule has 51 valence electrons. The maximum absolute atomic E-state index is 4.71. The second-order valence-electron chi connectivity index (χ2n) is 2.08. The van der Waals surface area contributed by atoms with Crippen LogP contribution in [0.4, 0.5) is 0 Å². The first kappa shape index (κ1) is 7.06. The first-order valence-corrected chi connectivity index (χ1v) is 3.36. The molecule has 1 aliphatic rings. The van der Waals surface area contributed by atoms with E-state index in [1.165, 1.54) is 12.8 Å². The Bertz CT molecular complexity index is 43.4. The van der Waals surface area contributed by atoms with Gasteiger partial charge in [-0.2, -0.15) is 4.99 Å². The largest absolute Gasteiger partial charge is 0.245 e. The Morgan fingerprint density at radius 3 is 3.22 bits per heavy atom. The van der Waals surface area contributed by atoms with Gasteiger partial charge in [-0.1, -0.05) is 19.2 Å². The number of nitrogens with one attached hydrogen (secondary N) is 1. The molecule has 1 rings (SSSR count). The summed E-state index contributed by atoms with van der Waals surface area (Å²) in [5, 5.41) is 2.58. The average molecular weight is 128 g/mol. The quantitative estimate of drug-likeness (QED) is 0.384. The predicted molar refractivity (Wildman–Crippen MR) is 34.6 cm³/mol. The van der Waals surface area contributed by atoms with E-state index in [-0.39, 0.29) is 0 Å². The van der Waals surface area contributed by atoms with Crippen molar-refractivity contribution in [1.82, 2.24) is 5.39 Å². The molecule has 0 saturated carbocycles. The lowest BCUT2D eigenvalue weighted by Gasteiger charge is -1.98. The van der Waals surface area contributed by atoms with Crippen molar-refractivity contribution in [3.63, 3.8) is 0 Å². The van der Waals surface area contributed by atoms with Gasteiger partial charge in [0, 0.05) is 0 Å². The van der Waals surface area contributed by atoms with Crippen molar-refractivity contribution >= 4 is 7.41 Å². The molecule has 4 heteroatoms. The van der Waals surface area contributed by atoms with E-state index in [0.717, 1.165) is 12.7 Å². The molecule has 0 aliphatic carbocycles. The molecule has 0 aromatic carbocycles. The van der Waals surface area contributed by atoms with Crippen LogP contribution in [0.5, 0.6) is 0 Å². The average Bonchev–Trinajstić information content (AvgIpc) is 2.00. The van der Waals surface area contributed by atoms with Crippen LogP contribution in [-0.4, -0.2) is 14.0 Å². The lowest BCUT2D eigenvalue weighted by molar-refractivity contribution is -0.318. The molecular formula is C5H11BNO2. The van der Waals surface area contributed by atoms with Gasteiger partial charge in [-0.3, -0.25) is 0 Å². The fourth-order valence-electron chi connectivity index (χ4n) is 0.753. The van der Waals surface area contributed by atoms with E-state index in [4.69, 9.17) is 4.89 Å². The zero-order chi connectivity index (χ0) is 6.36. The third kappa shape index (κ3) is 3.51. The summed E-state index contributed by atoms with van der Waals surface area (Å²) in [4.78, 5) is 9.26. The van der Waals surface area contributed by atoms with Gasteiger partial charge < -0.3 is 0 Å². The van der Waals surface area contributed by atoms with Crippen molar-refractivity contribution in [1.29, 1.82) is 0 Å². The van der Waals surface area contributed by atoms with Gasteiger partial charge in [0.1, 0.15) is 0 Å². The molecule has 0 unspecified atom stereocenters. The standard InChI is InChI=1S/C5H11BNO2/c1-2-4-6-7-9-8-5-3-1/h7H,1-5H2. The van der Waals surface area contributed by atoms with Crippen LogP contribution in [0.3, 0.4) is 0 Å². The third-order valence-corrected chi connectivity index (χ3v) is 1.27. The molecule has 3 nitrogen and oxygen atoms in total. The fourth-order valence-corrected chi connectivity index (χ4v) is 0.753. The van der Waals surface area contributed by atoms with Crippen LogP contribution in [0.2, 0.25) is 6.32 Å². The molecule has 1 N–H and O–H groups in total. The summed E-state index contributed by atoms with van der Waals surface area (Å²) in [6.45, 7) is 0.695. The van der Waals surface area contributed by atoms with Gasteiger partial charge >= 0.3 is 0 Å². The van der Waals surface area contributed by atoms with Crippen LogP contribution in [0.15, 0.2) is 0 Å². The predicted octanol–water partition coefficient (Wildman–Crippen LogP) is 0.661. The van der Waals surface area contributed by atoms with Gasteiger partial charge in [0.15, 0.2) is 0 Å². The highest BCUT2D eigenvalue weighted by Crippen LogP contribution is 2.00. The molecule has 0 aromatic rings. The summed E-state index contributed by atoms with van der Waals surface area (Å²) in [5.41, 5.74) is 0. The molecule has 0 amide bonds. The van der Waals surface area contributed by atoms with E-state index in [1.54, 1.807) is 0 Å². The van der Waals surface area contributed by atoms with E-state index < -0.39 is 0 Å². The summed E-state index contributed by atoms with van der Waals surface area (Å²) in [6.07, 6.45) is 4.60. The summed E-state index contributed by atoms with van der Waals surface area (Å²) < 4.78 is 0. The Hall–Kier alpha value is -0.0551. The highest BCUT2D eigenvalue weighted by Gasteiger charge is 1.97. The smallest absolute Gasteiger partial charge is 0.219 e. The van der Waals surface area contributed by atoms with Crippen LogP contribution in [0.25, 0.3) is 0 Å². The van der Waals surface area contributed by atoms with Gasteiger partial charge in [0.05, 0.1) is 6.61 Å². The molecule has 9 heavy (non-hydrogen) atoms. The Kier molecular flexibility index (Phi) is 3.76. The van der Waals surface area contributed by atoms with Crippen LogP contribution >= 0.6 is 0 Å². The minimum atomic E-state index is 0.695. The van der Waals surface area contributed by atoms with Gasteiger partial charge in [-0.25, -0.2) is 10.3 Å². The number of rotatable bonds is 0. The molecule has 0 aromatic heterocycles. The van der Waals surface area contributed by atoms with E-state index in [2.05, 4.69) is 10.4 Å². The number of hydrogen-bond donors (Lipinski definition) is 1. The van der Waals surface area contributed by atoms with Crippen molar-refractivity contribution in [2.24, 2.45) is 0 Å². The minimum absolute atomic E-state index is 0.695. The van der Waals surface area contributed by atoms with E-state index >= 15 is 0 Å². The minimum Gasteiger partial charge on any atom is -0.219 e. The number of hydrogen-bond acceptors (Lipinski definition) is 3. The molecule has 1 fully saturated rings. The highest BCUT2D eigenvalue weighted by atomic mass is 17.3. The summed E-state index contributed by atoms with van der Waals surface area (Å²) >= 11 is 0. The van der Waals surface area contributed by atoms with Crippen LogP contribution < -0.4 is 5.39 Å². The molecule has 0 atom stereocenters. The molecule has 1 aliphatic heterocycles. The molecule has 1 radical (unpaired) electrons. The lowest BCUT2D eigenvalue weighted by Crippen LogP contribution is -2.18. The monoisotopic (exact) mass is 128 g/mol. The Balaban J connectivity index is 2.02. The van der Waals surface area contributed by atoms with E-state index in [1.807, 2.05) is 7.41 Å². The zero-order valence-corrected chi connectivity index (χ0v) is 5.43. The van der Waals surface area contributed by atoms with Crippen molar-refractivity contribution in [2.45, 2.75) is 25.6 Å². The summed E-state index contributed by atoms with van der Waals surface area (Å²) in [5.74, 6) is 0. The highest BCUT2D eigenvalue weighted by molar-refractivity contribution is 6.31. The first-order chi connectivity index (χ1) is 4.50. The maximum Gasteiger partial charge on any atom is 0.245 e. The lowest BCUT2D eigenvalue weighted by atomic mass is 9.88. The zero-order valence-electron chi connectivity index (χ0n) is 5.43. The fraction of sp³-hybridized carbons (Fsp3) is 1.00. The molecule has 1 saturated heterocycles. The first-order valence-electron chi connectivity index (χ1n) is 3.36. The van der Waals surface area contributed by atoms with Crippen LogP contribution in [0, 0.1) is 0 Å². The van der Waals surface area contributed by atoms with Crippen LogP contribution in [-0.2, 0) is 9.88 Å². The molecule has 0 bridgehead atoms. The normalized spacial score (nSPS) is 23.1. The second kappa shape index (κ2) is 4.79.